The zero-order chi connectivity index (χ0) is 13.8. The van der Waals surface area contributed by atoms with Gasteiger partial charge in [-0.3, -0.25) is 4.90 Å². The molecule has 0 spiro atoms. The van der Waals surface area contributed by atoms with E-state index in [0.29, 0.717) is 11.8 Å². The highest BCUT2D eigenvalue weighted by molar-refractivity contribution is 5.35. The molecule has 0 radical (unpaired) electrons. The minimum absolute atomic E-state index is 0.430. The summed E-state index contributed by atoms with van der Waals surface area (Å²) < 4.78 is 0. The van der Waals surface area contributed by atoms with E-state index in [-0.39, 0.29) is 0 Å². The van der Waals surface area contributed by atoms with E-state index in [0.717, 1.165) is 18.0 Å². The first-order valence-corrected chi connectivity index (χ1v) is 7.59. The highest BCUT2D eigenvalue weighted by atomic mass is 16.3. The Morgan fingerprint density at radius 3 is 2.53 bits per heavy atom. The number of hydrogen-bond acceptors (Lipinski definition) is 2. The number of nitrogens with zero attached hydrogens (tertiary/aromatic N) is 1. The van der Waals surface area contributed by atoms with Crippen LogP contribution in [0.3, 0.4) is 0 Å². The van der Waals surface area contributed by atoms with Crippen molar-refractivity contribution in [1.29, 1.82) is 0 Å². The van der Waals surface area contributed by atoms with Crippen LogP contribution in [0.5, 0.6) is 5.75 Å². The number of aryl methyl sites for hydroxylation is 1. The lowest BCUT2D eigenvalue weighted by atomic mass is 9.84. The van der Waals surface area contributed by atoms with Crippen molar-refractivity contribution in [2.24, 2.45) is 5.92 Å². The van der Waals surface area contributed by atoms with Crippen LogP contribution in [0, 0.1) is 12.8 Å². The van der Waals surface area contributed by atoms with E-state index < -0.39 is 0 Å². The van der Waals surface area contributed by atoms with Crippen molar-refractivity contribution in [1.82, 2.24) is 4.90 Å². The molecule has 2 rings (SSSR count). The van der Waals surface area contributed by atoms with Crippen LogP contribution in [0.15, 0.2) is 18.2 Å². The number of phenolic OH excluding ortho intramolecular Hbond substituents is 1. The smallest absolute Gasteiger partial charge is 0.120 e. The summed E-state index contributed by atoms with van der Waals surface area (Å²) in [5.74, 6) is 1.37. The Hall–Kier alpha value is -1.02. The molecule has 1 fully saturated rings. The summed E-state index contributed by atoms with van der Waals surface area (Å²) in [6, 6.07) is 6.56. The number of hydrogen-bond donors (Lipinski definition) is 1. The minimum atomic E-state index is 0.430. The molecule has 0 aromatic heterocycles. The highest BCUT2D eigenvalue weighted by Crippen LogP contribution is 2.30. The van der Waals surface area contributed by atoms with Gasteiger partial charge < -0.3 is 5.11 Å². The van der Waals surface area contributed by atoms with E-state index >= 15 is 0 Å². The molecule has 2 heteroatoms. The van der Waals surface area contributed by atoms with Crippen molar-refractivity contribution >= 4 is 0 Å². The van der Waals surface area contributed by atoms with Crippen LogP contribution >= 0.6 is 0 Å². The average Bonchev–Trinajstić information content (AvgIpc) is 2.43. The molecule has 0 heterocycles. The standard InChI is InChI=1S/C17H27NO/c1-4-14-6-8-16(9-7-14)18(3)12-15-11-13(2)5-10-17(15)19/h5,10-11,14,16,19H,4,6-9,12H2,1-3H3. The van der Waals surface area contributed by atoms with Crippen LogP contribution in [0.25, 0.3) is 0 Å². The zero-order valence-corrected chi connectivity index (χ0v) is 12.5. The number of aromatic hydroxyl groups is 1. The summed E-state index contributed by atoms with van der Waals surface area (Å²) >= 11 is 0. The summed E-state index contributed by atoms with van der Waals surface area (Å²) in [7, 11) is 2.19. The maximum absolute atomic E-state index is 9.94. The van der Waals surface area contributed by atoms with Gasteiger partial charge in [-0.1, -0.05) is 31.0 Å². The van der Waals surface area contributed by atoms with E-state index in [1.165, 1.54) is 37.7 Å². The quantitative estimate of drug-likeness (QED) is 0.882. The van der Waals surface area contributed by atoms with Gasteiger partial charge in [0, 0.05) is 18.2 Å². The topological polar surface area (TPSA) is 23.5 Å². The molecule has 1 aliphatic carbocycles. The Morgan fingerprint density at radius 2 is 1.89 bits per heavy atom. The van der Waals surface area contributed by atoms with Crippen LogP contribution in [-0.2, 0) is 6.54 Å². The first-order valence-electron chi connectivity index (χ1n) is 7.59. The van der Waals surface area contributed by atoms with Crippen molar-refractivity contribution in [2.45, 2.75) is 58.5 Å². The summed E-state index contributed by atoms with van der Waals surface area (Å²) in [6.07, 6.45) is 6.68. The molecule has 0 unspecified atom stereocenters. The number of benzene rings is 1. The van der Waals surface area contributed by atoms with Gasteiger partial charge in [0.25, 0.3) is 0 Å². The fourth-order valence-corrected chi connectivity index (χ4v) is 3.23. The average molecular weight is 261 g/mol. The molecule has 0 aliphatic heterocycles. The second-order valence-electron chi connectivity index (χ2n) is 6.13. The lowest BCUT2D eigenvalue weighted by Gasteiger charge is -2.34. The van der Waals surface area contributed by atoms with Crippen molar-refractivity contribution in [3.05, 3.63) is 29.3 Å². The highest BCUT2D eigenvalue weighted by Gasteiger charge is 2.23. The summed E-state index contributed by atoms with van der Waals surface area (Å²) in [5, 5.41) is 9.94. The molecule has 0 amide bonds. The Morgan fingerprint density at radius 1 is 1.21 bits per heavy atom. The summed E-state index contributed by atoms with van der Waals surface area (Å²) in [6.45, 7) is 5.24. The van der Waals surface area contributed by atoms with Crippen molar-refractivity contribution < 1.29 is 5.11 Å². The molecule has 106 valence electrons. The third kappa shape index (κ3) is 3.73. The van der Waals surface area contributed by atoms with Gasteiger partial charge in [0.05, 0.1) is 0 Å². The lowest BCUT2D eigenvalue weighted by molar-refractivity contribution is 0.156. The molecule has 1 saturated carbocycles. The fourth-order valence-electron chi connectivity index (χ4n) is 3.23. The van der Waals surface area contributed by atoms with Crippen molar-refractivity contribution in [2.75, 3.05) is 7.05 Å². The predicted molar refractivity (Wildman–Crippen MR) is 80.3 cm³/mol. The Labute approximate surface area is 117 Å². The van der Waals surface area contributed by atoms with E-state index in [1.54, 1.807) is 0 Å². The van der Waals surface area contributed by atoms with Gasteiger partial charge in [0.2, 0.25) is 0 Å². The lowest BCUT2D eigenvalue weighted by Crippen LogP contribution is -2.34. The van der Waals surface area contributed by atoms with Crippen LogP contribution in [0.1, 0.15) is 50.2 Å². The van der Waals surface area contributed by atoms with Gasteiger partial charge >= 0.3 is 0 Å². The molecular formula is C17H27NO. The molecule has 1 aromatic carbocycles. The number of rotatable bonds is 4. The first kappa shape index (κ1) is 14.4. The monoisotopic (exact) mass is 261 g/mol. The molecule has 19 heavy (non-hydrogen) atoms. The van der Waals surface area contributed by atoms with Crippen molar-refractivity contribution in [3.8, 4) is 5.75 Å². The third-order valence-electron chi connectivity index (χ3n) is 4.67. The summed E-state index contributed by atoms with van der Waals surface area (Å²) in [4.78, 5) is 2.42. The SMILES string of the molecule is CCC1CCC(N(C)Cc2cc(C)ccc2O)CC1. The van der Waals surface area contributed by atoms with Gasteiger partial charge in [-0.2, -0.15) is 0 Å². The maximum atomic E-state index is 9.94. The molecule has 1 N–H and O–H groups in total. The predicted octanol–water partition coefficient (Wildman–Crippen LogP) is 4.10. The molecule has 0 saturated heterocycles. The second-order valence-corrected chi connectivity index (χ2v) is 6.13. The third-order valence-corrected chi connectivity index (χ3v) is 4.67. The largest absolute Gasteiger partial charge is 0.508 e. The molecule has 1 aromatic rings. The maximum Gasteiger partial charge on any atom is 0.120 e. The van der Waals surface area contributed by atoms with Crippen molar-refractivity contribution in [3.63, 3.8) is 0 Å². The van der Waals surface area contributed by atoms with Gasteiger partial charge in [-0.25, -0.2) is 0 Å². The molecule has 0 bridgehead atoms. The fraction of sp³-hybridized carbons (Fsp3) is 0.647. The summed E-state index contributed by atoms with van der Waals surface area (Å²) in [5.41, 5.74) is 2.27. The Kier molecular flexibility index (Phi) is 4.87. The van der Waals surface area contributed by atoms with E-state index in [4.69, 9.17) is 0 Å². The van der Waals surface area contributed by atoms with Gasteiger partial charge in [-0.15, -0.1) is 0 Å². The zero-order valence-electron chi connectivity index (χ0n) is 12.5. The van der Waals surface area contributed by atoms with E-state index in [1.807, 2.05) is 12.1 Å². The van der Waals surface area contributed by atoms with Crippen LogP contribution < -0.4 is 0 Å². The van der Waals surface area contributed by atoms with Crippen LogP contribution in [0.4, 0.5) is 0 Å². The normalized spacial score (nSPS) is 23.8. The second kappa shape index (κ2) is 6.42. The van der Waals surface area contributed by atoms with Gasteiger partial charge in [-0.05, 0) is 51.6 Å². The molecule has 1 aliphatic rings. The molecule has 2 nitrogen and oxygen atoms in total. The molecular weight excluding hydrogens is 234 g/mol. The molecule has 0 atom stereocenters. The number of phenols is 1. The van der Waals surface area contributed by atoms with Crippen LogP contribution in [-0.4, -0.2) is 23.1 Å². The van der Waals surface area contributed by atoms with Gasteiger partial charge in [0.1, 0.15) is 5.75 Å². The van der Waals surface area contributed by atoms with E-state index in [2.05, 4.69) is 31.9 Å². The van der Waals surface area contributed by atoms with Gasteiger partial charge in [0.15, 0.2) is 0 Å². The first-order chi connectivity index (χ1) is 9.10. The Balaban J connectivity index is 1.94. The Bertz CT molecular complexity index is 408. The van der Waals surface area contributed by atoms with Crippen LogP contribution in [0.2, 0.25) is 0 Å². The van der Waals surface area contributed by atoms with E-state index in [9.17, 15) is 5.11 Å². The minimum Gasteiger partial charge on any atom is -0.508 e.